The normalized spacial score (nSPS) is 12.3. The van der Waals surface area contributed by atoms with Crippen LogP contribution < -0.4 is 16.2 Å². The first-order chi connectivity index (χ1) is 15.0. The van der Waals surface area contributed by atoms with Crippen LogP contribution in [0, 0.1) is 17.0 Å². The van der Waals surface area contributed by atoms with Gasteiger partial charge in [-0.2, -0.15) is 0 Å². The fourth-order valence-corrected chi connectivity index (χ4v) is 3.44. The predicted molar refractivity (Wildman–Crippen MR) is 124 cm³/mol. The molecule has 3 aromatic rings. The van der Waals surface area contributed by atoms with Crippen LogP contribution in [0.2, 0.25) is 0 Å². The SMILES string of the molecule is Cc1c(N[C@H](NC(=O)c2ccccc2[N+](=O)[O-])C(Cl)(Cl)Cl)c(=O)n(-c2ccccc2)n1C. The number of nitrogens with one attached hydrogen (secondary N) is 2. The summed E-state index contributed by atoms with van der Waals surface area (Å²) in [5.74, 6) is -0.849. The summed E-state index contributed by atoms with van der Waals surface area (Å²) < 4.78 is 0.932. The van der Waals surface area contributed by atoms with Gasteiger partial charge in [-0.25, -0.2) is 4.68 Å². The van der Waals surface area contributed by atoms with Gasteiger partial charge < -0.3 is 10.6 Å². The van der Waals surface area contributed by atoms with Crippen LogP contribution in [0.4, 0.5) is 11.4 Å². The van der Waals surface area contributed by atoms with Gasteiger partial charge in [0.05, 0.1) is 16.3 Å². The number of benzene rings is 2. The Labute approximate surface area is 197 Å². The maximum atomic E-state index is 13.1. The summed E-state index contributed by atoms with van der Waals surface area (Å²) in [7, 11) is 1.69. The molecule has 0 unspecified atom stereocenters. The molecule has 2 aromatic carbocycles. The largest absolute Gasteiger partial charge is 0.356 e. The fourth-order valence-electron chi connectivity index (χ4n) is 3.11. The molecule has 0 saturated carbocycles. The molecular formula is C20H18Cl3N5O4. The molecule has 168 valence electrons. The summed E-state index contributed by atoms with van der Waals surface area (Å²) in [6.45, 7) is 1.68. The third kappa shape index (κ3) is 4.74. The Bertz CT molecular complexity index is 1220. The highest BCUT2D eigenvalue weighted by atomic mass is 35.6. The van der Waals surface area contributed by atoms with Crippen molar-refractivity contribution in [2.24, 2.45) is 7.05 Å². The summed E-state index contributed by atoms with van der Waals surface area (Å²) in [4.78, 5) is 36.4. The van der Waals surface area contributed by atoms with E-state index < -0.39 is 32.0 Å². The molecular weight excluding hydrogens is 481 g/mol. The summed E-state index contributed by atoms with van der Waals surface area (Å²) in [6, 6.07) is 14.3. The molecule has 0 aliphatic rings. The van der Waals surface area contributed by atoms with E-state index in [0.29, 0.717) is 11.4 Å². The number of para-hydroxylation sites is 2. The third-order valence-electron chi connectivity index (χ3n) is 4.79. The Morgan fingerprint density at radius 3 is 2.28 bits per heavy atom. The minimum atomic E-state index is -2.09. The lowest BCUT2D eigenvalue weighted by molar-refractivity contribution is -0.385. The van der Waals surface area contributed by atoms with Gasteiger partial charge in [0.15, 0.2) is 0 Å². The van der Waals surface area contributed by atoms with Crippen LogP contribution in [0.25, 0.3) is 5.69 Å². The molecule has 1 amide bonds. The van der Waals surface area contributed by atoms with Crippen molar-refractivity contribution in [3.05, 3.63) is 86.3 Å². The van der Waals surface area contributed by atoms with Crippen molar-refractivity contribution in [3.8, 4) is 5.69 Å². The van der Waals surface area contributed by atoms with Gasteiger partial charge in [0.1, 0.15) is 17.4 Å². The van der Waals surface area contributed by atoms with E-state index in [4.69, 9.17) is 34.8 Å². The minimum absolute atomic E-state index is 0.0931. The molecule has 0 spiro atoms. The molecule has 0 radical (unpaired) electrons. The molecule has 3 rings (SSSR count). The molecule has 32 heavy (non-hydrogen) atoms. The van der Waals surface area contributed by atoms with Crippen molar-refractivity contribution in [2.45, 2.75) is 16.9 Å². The molecule has 0 bridgehead atoms. The number of rotatable bonds is 6. The lowest BCUT2D eigenvalue weighted by atomic mass is 10.1. The summed E-state index contributed by atoms with van der Waals surface area (Å²) in [5.41, 5.74) is 0.162. The van der Waals surface area contributed by atoms with Crippen molar-refractivity contribution in [3.63, 3.8) is 0 Å². The lowest BCUT2D eigenvalue weighted by Gasteiger charge is -2.26. The van der Waals surface area contributed by atoms with Crippen molar-refractivity contribution < 1.29 is 9.72 Å². The summed E-state index contributed by atoms with van der Waals surface area (Å²) in [5, 5.41) is 16.5. The Balaban J connectivity index is 1.98. The maximum absolute atomic E-state index is 13.1. The second-order valence-electron chi connectivity index (χ2n) is 6.80. The molecule has 12 heteroatoms. The fraction of sp³-hybridized carbons (Fsp3) is 0.200. The van der Waals surface area contributed by atoms with E-state index in [1.165, 1.54) is 28.9 Å². The number of aromatic nitrogens is 2. The van der Waals surface area contributed by atoms with Gasteiger partial charge in [0.25, 0.3) is 17.2 Å². The van der Waals surface area contributed by atoms with E-state index in [-0.39, 0.29) is 11.3 Å². The number of amides is 1. The topological polar surface area (TPSA) is 111 Å². The number of alkyl halides is 3. The van der Waals surface area contributed by atoms with Gasteiger partial charge >= 0.3 is 0 Å². The molecule has 1 aromatic heterocycles. The van der Waals surface area contributed by atoms with Crippen LogP contribution in [0.5, 0.6) is 0 Å². The van der Waals surface area contributed by atoms with Crippen LogP contribution in [-0.2, 0) is 7.05 Å². The van der Waals surface area contributed by atoms with E-state index >= 15 is 0 Å². The maximum Gasteiger partial charge on any atom is 0.295 e. The molecule has 0 saturated heterocycles. The highest BCUT2D eigenvalue weighted by Crippen LogP contribution is 2.32. The van der Waals surface area contributed by atoms with E-state index in [9.17, 15) is 19.7 Å². The van der Waals surface area contributed by atoms with Gasteiger partial charge in [0.2, 0.25) is 3.79 Å². The molecule has 2 N–H and O–H groups in total. The van der Waals surface area contributed by atoms with E-state index in [2.05, 4.69) is 10.6 Å². The van der Waals surface area contributed by atoms with Crippen LogP contribution in [0.15, 0.2) is 59.4 Å². The molecule has 0 fully saturated rings. The number of carbonyl (C=O) groups excluding carboxylic acids is 1. The van der Waals surface area contributed by atoms with Crippen LogP contribution in [0.3, 0.4) is 0 Å². The Kier molecular flexibility index (Phi) is 6.82. The number of anilines is 1. The van der Waals surface area contributed by atoms with Crippen LogP contribution >= 0.6 is 34.8 Å². The van der Waals surface area contributed by atoms with Gasteiger partial charge in [-0.05, 0) is 25.1 Å². The summed E-state index contributed by atoms with van der Waals surface area (Å²) >= 11 is 18.2. The van der Waals surface area contributed by atoms with Gasteiger partial charge in [-0.3, -0.25) is 24.4 Å². The van der Waals surface area contributed by atoms with Gasteiger partial charge in [-0.1, -0.05) is 65.1 Å². The molecule has 9 nitrogen and oxygen atoms in total. The Morgan fingerprint density at radius 1 is 1.09 bits per heavy atom. The first-order valence-electron chi connectivity index (χ1n) is 9.24. The average molecular weight is 499 g/mol. The van der Waals surface area contributed by atoms with Crippen molar-refractivity contribution in [2.75, 3.05) is 5.32 Å². The minimum Gasteiger partial charge on any atom is -0.356 e. The number of halogens is 3. The van der Waals surface area contributed by atoms with Gasteiger partial charge in [-0.15, -0.1) is 0 Å². The Morgan fingerprint density at radius 2 is 1.69 bits per heavy atom. The zero-order valence-corrected chi connectivity index (χ0v) is 19.1. The van der Waals surface area contributed by atoms with Crippen LogP contribution in [0.1, 0.15) is 16.1 Å². The third-order valence-corrected chi connectivity index (χ3v) is 5.45. The summed E-state index contributed by atoms with van der Waals surface area (Å²) in [6.07, 6.45) is -1.38. The second kappa shape index (κ2) is 9.23. The van der Waals surface area contributed by atoms with E-state index in [1.54, 1.807) is 42.9 Å². The predicted octanol–water partition coefficient (Wildman–Crippen LogP) is 3.93. The number of nitro benzene ring substituents is 1. The molecule has 1 heterocycles. The standard InChI is InChI=1S/C20H18Cl3N5O4/c1-12-16(18(30)27(26(12)2)13-8-4-3-5-9-13)24-19(20(21,22)23)25-17(29)14-10-6-7-11-15(14)28(31)32/h3-11,19,24H,1-2H3,(H,25,29)/t19-/m1/s1. The highest BCUT2D eigenvalue weighted by molar-refractivity contribution is 6.68. The van der Waals surface area contributed by atoms with Crippen molar-refractivity contribution in [1.82, 2.24) is 14.7 Å². The molecule has 0 aliphatic carbocycles. The number of hydrogen-bond acceptors (Lipinski definition) is 5. The second-order valence-corrected chi connectivity index (χ2v) is 9.17. The zero-order chi connectivity index (χ0) is 23.6. The zero-order valence-electron chi connectivity index (χ0n) is 16.9. The molecule has 1 atom stereocenters. The van der Waals surface area contributed by atoms with Crippen molar-refractivity contribution >= 4 is 52.1 Å². The van der Waals surface area contributed by atoms with Crippen LogP contribution in [-0.4, -0.2) is 30.2 Å². The number of carbonyl (C=O) groups is 1. The average Bonchev–Trinajstić information content (AvgIpc) is 2.96. The molecule has 0 aliphatic heterocycles. The first-order valence-corrected chi connectivity index (χ1v) is 10.4. The Hall–Kier alpha value is -3.01. The first kappa shape index (κ1) is 23.6. The van der Waals surface area contributed by atoms with E-state index in [0.717, 1.165) is 0 Å². The highest BCUT2D eigenvalue weighted by Gasteiger charge is 2.37. The van der Waals surface area contributed by atoms with Gasteiger partial charge in [0, 0.05) is 13.1 Å². The number of hydrogen-bond donors (Lipinski definition) is 2. The lowest BCUT2D eigenvalue weighted by Crippen LogP contribution is -2.50. The monoisotopic (exact) mass is 497 g/mol. The van der Waals surface area contributed by atoms with E-state index in [1.807, 2.05) is 6.07 Å². The number of nitrogens with zero attached hydrogens (tertiary/aromatic N) is 3. The van der Waals surface area contributed by atoms with Crippen molar-refractivity contribution in [1.29, 1.82) is 0 Å². The quantitative estimate of drug-likeness (QED) is 0.231. The number of nitro groups is 1. The smallest absolute Gasteiger partial charge is 0.295 e.